The summed E-state index contributed by atoms with van der Waals surface area (Å²) in [7, 11) is 0. The molecule has 3 aromatic rings. The number of nitrogens with one attached hydrogen (secondary N) is 3. The molecular formula is C25H28ClF3N6O3. The molecule has 2 aliphatic rings. The van der Waals surface area contributed by atoms with E-state index in [1.807, 2.05) is 35.4 Å². The van der Waals surface area contributed by atoms with Crippen LogP contribution in [0.15, 0.2) is 36.7 Å². The number of fused-ring (bicyclic) bond motifs is 1. The Labute approximate surface area is 221 Å². The van der Waals surface area contributed by atoms with E-state index in [0.717, 1.165) is 29.3 Å². The van der Waals surface area contributed by atoms with Crippen molar-refractivity contribution in [3.05, 3.63) is 41.7 Å². The Hall–Kier alpha value is -2.93. The van der Waals surface area contributed by atoms with Crippen molar-refractivity contribution in [1.29, 1.82) is 0 Å². The monoisotopic (exact) mass is 552 g/mol. The van der Waals surface area contributed by atoms with Crippen LogP contribution in [0.25, 0.3) is 22.2 Å². The molecule has 3 atom stereocenters. The van der Waals surface area contributed by atoms with Crippen LogP contribution in [0.4, 0.5) is 19.1 Å². The minimum Gasteiger partial charge on any atom is -0.439 e. The summed E-state index contributed by atoms with van der Waals surface area (Å²) in [6.07, 6.45) is -0.255. The number of piperazine rings is 1. The summed E-state index contributed by atoms with van der Waals surface area (Å²) in [5.74, 6) is -1.84. The molecular weight excluding hydrogens is 525 g/mol. The van der Waals surface area contributed by atoms with E-state index < -0.39 is 24.0 Å². The standard InChI is InChI=1S/C25H28ClF3N6O3/c26-18-12-32-23(34-21(18)17-11-31-19-6-2-1-5-16(17)19)33-15-4-3-7-24(37,10-15)14-35-9-8-30-20(13-35)38-22(36)25(27,28)29/h1-2,5-6,11-12,15,20,30-31,37H,3-4,7-10,13-14H2,(H,32,33,34)/t15-,20?,24?/m1/s1. The van der Waals surface area contributed by atoms with E-state index in [4.69, 9.17) is 11.6 Å². The molecule has 2 unspecified atom stereocenters. The Kier molecular flexibility index (Phi) is 7.49. The van der Waals surface area contributed by atoms with E-state index in [1.54, 1.807) is 6.20 Å². The number of nitrogens with zero attached hydrogens (tertiary/aromatic N) is 3. The lowest BCUT2D eigenvalue weighted by atomic mass is 9.81. The largest absolute Gasteiger partial charge is 0.490 e. The Morgan fingerprint density at radius 1 is 1.34 bits per heavy atom. The molecule has 1 aromatic carbocycles. The van der Waals surface area contributed by atoms with Gasteiger partial charge < -0.3 is 20.1 Å². The molecule has 2 aromatic heterocycles. The van der Waals surface area contributed by atoms with Crippen molar-refractivity contribution in [3.63, 3.8) is 0 Å². The van der Waals surface area contributed by atoms with Gasteiger partial charge in [0.2, 0.25) is 5.95 Å². The lowest BCUT2D eigenvalue weighted by molar-refractivity contribution is -0.208. The summed E-state index contributed by atoms with van der Waals surface area (Å²) < 4.78 is 42.3. The zero-order chi connectivity index (χ0) is 26.9. The number of halogens is 4. The van der Waals surface area contributed by atoms with Crippen molar-refractivity contribution < 1.29 is 27.8 Å². The number of anilines is 1. The topological polar surface area (TPSA) is 115 Å². The number of benzene rings is 1. The molecule has 1 saturated carbocycles. The average Bonchev–Trinajstić information content (AvgIpc) is 3.29. The first-order chi connectivity index (χ1) is 18.1. The maximum absolute atomic E-state index is 12.6. The SMILES string of the molecule is O=C(OC1CN(CC2(O)CCC[C@@H](Nc3ncc(Cl)c(-c4c[nH]c5ccccc45)n3)C2)CCN1)C(F)(F)F. The van der Waals surface area contributed by atoms with E-state index in [1.165, 1.54) is 0 Å². The summed E-state index contributed by atoms with van der Waals surface area (Å²) in [4.78, 5) is 25.3. The Morgan fingerprint density at radius 3 is 2.97 bits per heavy atom. The first kappa shape index (κ1) is 26.7. The number of carbonyl (C=O) groups is 1. The number of carbonyl (C=O) groups excluding carboxylic acids is 1. The highest BCUT2D eigenvalue weighted by Gasteiger charge is 2.43. The highest BCUT2D eigenvalue weighted by Crippen LogP contribution is 2.34. The summed E-state index contributed by atoms with van der Waals surface area (Å²) in [6.45, 7) is 1.14. The predicted octanol–water partition coefficient (Wildman–Crippen LogP) is 3.70. The Morgan fingerprint density at radius 2 is 2.16 bits per heavy atom. The summed E-state index contributed by atoms with van der Waals surface area (Å²) >= 11 is 6.44. The number of aromatic amines is 1. The van der Waals surface area contributed by atoms with Gasteiger partial charge in [-0.3, -0.25) is 10.2 Å². The fourth-order valence-corrected chi connectivity index (χ4v) is 5.48. The third-order valence-electron chi connectivity index (χ3n) is 6.97. The highest BCUT2D eigenvalue weighted by atomic mass is 35.5. The third kappa shape index (κ3) is 6.04. The molecule has 0 bridgehead atoms. The van der Waals surface area contributed by atoms with Crippen LogP contribution >= 0.6 is 11.6 Å². The minimum atomic E-state index is -5.05. The van der Waals surface area contributed by atoms with Crippen LogP contribution in [-0.2, 0) is 9.53 Å². The van der Waals surface area contributed by atoms with E-state index in [2.05, 4.69) is 30.3 Å². The van der Waals surface area contributed by atoms with Gasteiger partial charge in [0, 0.05) is 54.9 Å². The number of β-amino-alcohol motifs (C(OH)–C–C–N with tert-alkyl or cyclic N) is 1. The third-order valence-corrected chi connectivity index (χ3v) is 7.24. The van der Waals surface area contributed by atoms with Crippen molar-refractivity contribution in [2.24, 2.45) is 0 Å². The van der Waals surface area contributed by atoms with E-state index in [-0.39, 0.29) is 19.1 Å². The number of hydrogen-bond acceptors (Lipinski definition) is 8. The quantitative estimate of drug-likeness (QED) is 0.342. The van der Waals surface area contributed by atoms with Gasteiger partial charge in [0.15, 0.2) is 6.23 Å². The number of aromatic nitrogens is 3. The Bertz CT molecular complexity index is 1300. The molecule has 9 nitrogen and oxygen atoms in total. The van der Waals surface area contributed by atoms with Gasteiger partial charge in [-0.05, 0) is 31.7 Å². The second-order valence-electron chi connectivity index (χ2n) is 9.88. The molecule has 204 valence electrons. The van der Waals surface area contributed by atoms with Crippen LogP contribution in [0.2, 0.25) is 5.02 Å². The van der Waals surface area contributed by atoms with Crippen LogP contribution in [-0.4, -0.2) is 81.2 Å². The van der Waals surface area contributed by atoms with E-state index in [9.17, 15) is 23.1 Å². The summed E-state index contributed by atoms with van der Waals surface area (Å²) in [5, 5.41) is 18.9. The molecule has 5 rings (SSSR count). The van der Waals surface area contributed by atoms with Gasteiger partial charge >= 0.3 is 12.1 Å². The van der Waals surface area contributed by atoms with Crippen molar-refractivity contribution in [1.82, 2.24) is 25.2 Å². The van der Waals surface area contributed by atoms with Gasteiger partial charge in [-0.2, -0.15) is 13.2 Å². The molecule has 1 aliphatic heterocycles. The average molecular weight is 553 g/mol. The molecule has 1 aliphatic carbocycles. The highest BCUT2D eigenvalue weighted by molar-refractivity contribution is 6.33. The lowest BCUT2D eigenvalue weighted by Crippen LogP contribution is -2.58. The fraction of sp³-hybridized carbons (Fsp3) is 0.480. The van der Waals surface area contributed by atoms with Gasteiger partial charge in [0.25, 0.3) is 0 Å². The van der Waals surface area contributed by atoms with Crippen molar-refractivity contribution in [2.45, 2.75) is 49.7 Å². The van der Waals surface area contributed by atoms with Gasteiger partial charge in [-0.25, -0.2) is 14.8 Å². The fourth-order valence-electron chi connectivity index (χ4n) is 5.29. The lowest BCUT2D eigenvalue weighted by Gasteiger charge is -2.42. The molecule has 4 N–H and O–H groups in total. The van der Waals surface area contributed by atoms with Gasteiger partial charge in [-0.15, -0.1) is 0 Å². The first-order valence-electron chi connectivity index (χ1n) is 12.4. The smallest absolute Gasteiger partial charge is 0.439 e. The van der Waals surface area contributed by atoms with Gasteiger partial charge in [0.05, 0.1) is 22.5 Å². The maximum Gasteiger partial charge on any atom is 0.490 e. The van der Waals surface area contributed by atoms with E-state index in [0.29, 0.717) is 42.6 Å². The molecule has 3 heterocycles. The van der Waals surface area contributed by atoms with Crippen molar-refractivity contribution >= 4 is 34.4 Å². The van der Waals surface area contributed by atoms with Crippen LogP contribution in [0.1, 0.15) is 25.7 Å². The normalized spacial score (nSPS) is 24.9. The molecule has 0 radical (unpaired) electrons. The summed E-state index contributed by atoms with van der Waals surface area (Å²) in [6, 6.07) is 7.72. The van der Waals surface area contributed by atoms with Crippen molar-refractivity contribution in [2.75, 3.05) is 31.5 Å². The number of para-hydroxylation sites is 1. The Balaban J connectivity index is 1.23. The molecule has 0 spiro atoms. The minimum absolute atomic E-state index is 0.0521. The van der Waals surface area contributed by atoms with Gasteiger partial charge in [-0.1, -0.05) is 29.8 Å². The molecule has 13 heteroatoms. The zero-order valence-electron chi connectivity index (χ0n) is 20.4. The molecule has 1 saturated heterocycles. The van der Waals surface area contributed by atoms with Crippen molar-refractivity contribution in [3.8, 4) is 11.3 Å². The number of rotatable bonds is 6. The molecule has 0 amide bonds. The number of alkyl halides is 3. The predicted molar refractivity (Wildman–Crippen MR) is 136 cm³/mol. The number of aliphatic hydroxyl groups is 1. The zero-order valence-corrected chi connectivity index (χ0v) is 21.1. The number of H-pyrrole nitrogens is 1. The second-order valence-corrected chi connectivity index (χ2v) is 10.3. The molecule has 38 heavy (non-hydrogen) atoms. The summed E-state index contributed by atoms with van der Waals surface area (Å²) in [5.41, 5.74) is 1.34. The second kappa shape index (κ2) is 10.7. The molecule has 2 fully saturated rings. The number of hydrogen-bond donors (Lipinski definition) is 4. The number of esters is 1. The van der Waals surface area contributed by atoms with Crippen LogP contribution in [0.3, 0.4) is 0 Å². The van der Waals surface area contributed by atoms with Crippen LogP contribution < -0.4 is 10.6 Å². The van der Waals surface area contributed by atoms with Gasteiger partial charge in [0.1, 0.15) is 0 Å². The number of ether oxygens (including phenoxy) is 1. The van der Waals surface area contributed by atoms with Crippen LogP contribution in [0, 0.1) is 0 Å². The maximum atomic E-state index is 12.6. The first-order valence-corrected chi connectivity index (χ1v) is 12.8. The van der Waals surface area contributed by atoms with Crippen LogP contribution in [0.5, 0.6) is 0 Å². The van der Waals surface area contributed by atoms with E-state index >= 15 is 0 Å².